The largest absolute Gasteiger partial charge is 0.496 e. The Balaban J connectivity index is 1.64. The van der Waals surface area contributed by atoms with Crippen molar-refractivity contribution in [3.8, 4) is 5.75 Å². The van der Waals surface area contributed by atoms with E-state index in [1.165, 1.54) is 55.7 Å². The van der Waals surface area contributed by atoms with Crippen LogP contribution < -0.4 is 10.1 Å². The molecule has 1 aromatic carbocycles. The summed E-state index contributed by atoms with van der Waals surface area (Å²) in [5, 5.41) is 3.63. The number of nitrogens with one attached hydrogen (secondary N) is 1. The van der Waals surface area contributed by atoms with Gasteiger partial charge in [0.05, 0.1) is 17.6 Å². The average molecular weight is 455 g/mol. The van der Waals surface area contributed by atoms with E-state index in [4.69, 9.17) is 4.74 Å². The molecule has 0 spiro atoms. The fraction of sp³-hybridized carbons (Fsp3) is 0.682. The lowest BCUT2D eigenvalue weighted by molar-refractivity contribution is 0.0953. The molecule has 1 amide bonds. The minimum Gasteiger partial charge on any atom is -0.496 e. The quantitative estimate of drug-likeness (QED) is 0.603. The third kappa shape index (κ3) is 5.92. The maximum Gasteiger partial charge on any atom is 0.255 e. The first-order valence-corrected chi connectivity index (χ1v) is 13.5. The number of carbonyl (C=O) groups excluding carboxylic acids is 1. The number of nitrogens with zero attached hydrogens (tertiary/aromatic N) is 1. The highest BCUT2D eigenvalue weighted by molar-refractivity contribution is 7.99. The number of benzene rings is 1. The van der Waals surface area contributed by atoms with E-state index in [2.05, 4.69) is 12.2 Å². The van der Waals surface area contributed by atoms with E-state index < -0.39 is 10.0 Å². The standard InChI is InChI=1S/C22H34N2O4S2/c1-17-10-13-24(14-11-17)30(26,27)19-8-9-21(28-2)20(16-19)22(25)23-12-15-29-18-6-4-3-5-7-18/h8-9,16-18H,3-7,10-15H2,1-2H3,(H,23,25). The van der Waals surface area contributed by atoms with Crippen LogP contribution in [0.2, 0.25) is 0 Å². The summed E-state index contributed by atoms with van der Waals surface area (Å²) in [6.45, 7) is 3.75. The van der Waals surface area contributed by atoms with Crippen LogP contribution in [-0.2, 0) is 10.0 Å². The van der Waals surface area contributed by atoms with Gasteiger partial charge < -0.3 is 10.1 Å². The molecule has 6 nitrogen and oxygen atoms in total. The van der Waals surface area contributed by atoms with Gasteiger partial charge in [-0.05, 0) is 49.8 Å². The Morgan fingerprint density at radius 3 is 2.53 bits per heavy atom. The molecule has 0 bridgehead atoms. The van der Waals surface area contributed by atoms with Gasteiger partial charge in [0.1, 0.15) is 5.75 Å². The Hall–Kier alpha value is -1.25. The minimum absolute atomic E-state index is 0.152. The van der Waals surface area contributed by atoms with Crippen LogP contribution >= 0.6 is 11.8 Å². The van der Waals surface area contributed by atoms with E-state index in [1.807, 2.05) is 11.8 Å². The predicted octanol–water partition coefficient (Wildman–Crippen LogP) is 3.91. The monoisotopic (exact) mass is 454 g/mol. The van der Waals surface area contributed by atoms with E-state index in [0.717, 1.165) is 18.6 Å². The summed E-state index contributed by atoms with van der Waals surface area (Å²) in [6, 6.07) is 4.56. The van der Waals surface area contributed by atoms with E-state index in [0.29, 0.717) is 36.6 Å². The van der Waals surface area contributed by atoms with Gasteiger partial charge in [-0.2, -0.15) is 16.1 Å². The summed E-state index contributed by atoms with van der Waals surface area (Å²) >= 11 is 1.92. The van der Waals surface area contributed by atoms with Crippen LogP contribution in [0.25, 0.3) is 0 Å². The van der Waals surface area contributed by atoms with Crippen molar-refractivity contribution in [2.45, 2.75) is 62.0 Å². The van der Waals surface area contributed by atoms with E-state index >= 15 is 0 Å². The molecule has 1 aliphatic carbocycles. The summed E-state index contributed by atoms with van der Waals surface area (Å²) in [7, 11) is -2.12. The van der Waals surface area contributed by atoms with Crippen LogP contribution in [0.5, 0.6) is 5.75 Å². The van der Waals surface area contributed by atoms with E-state index in [1.54, 1.807) is 6.07 Å². The van der Waals surface area contributed by atoms with Crippen LogP contribution in [0, 0.1) is 5.92 Å². The zero-order valence-corrected chi connectivity index (χ0v) is 19.7. The summed E-state index contributed by atoms with van der Waals surface area (Å²) in [4.78, 5) is 12.9. The van der Waals surface area contributed by atoms with Crippen molar-refractivity contribution >= 4 is 27.7 Å². The lowest BCUT2D eigenvalue weighted by Crippen LogP contribution is -2.38. The van der Waals surface area contributed by atoms with Crippen LogP contribution in [0.3, 0.4) is 0 Å². The number of hydrogen-bond acceptors (Lipinski definition) is 5. The molecule has 1 heterocycles. The molecule has 0 radical (unpaired) electrons. The molecule has 2 fully saturated rings. The van der Waals surface area contributed by atoms with Gasteiger partial charge in [0.15, 0.2) is 0 Å². The van der Waals surface area contributed by atoms with Crippen molar-refractivity contribution in [3.05, 3.63) is 23.8 Å². The van der Waals surface area contributed by atoms with Crippen molar-refractivity contribution in [2.24, 2.45) is 5.92 Å². The van der Waals surface area contributed by atoms with E-state index in [-0.39, 0.29) is 16.4 Å². The lowest BCUT2D eigenvalue weighted by atomic mass is 10.0. The molecular weight excluding hydrogens is 420 g/mol. The summed E-state index contributed by atoms with van der Waals surface area (Å²) in [5.74, 6) is 1.50. The van der Waals surface area contributed by atoms with Gasteiger partial charge in [-0.1, -0.05) is 26.2 Å². The second-order valence-electron chi connectivity index (χ2n) is 8.34. The topological polar surface area (TPSA) is 75.7 Å². The molecular formula is C22H34N2O4S2. The molecule has 0 atom stereocenters. The fourth-order valence-corrected chi connectivity index (χ4v) is 6.83. The molecule has 30 heavy (non-hydrogen) atoms. The molecule has 1 saturated heterocycles. The molecule has 3 rings (SSSR count). The van der Waals surface area contributed by atoms with Gasteiger partial charge in [0.2, 0.25) is 10.0 Å². The number of amides is 1. The first kappa shape index (κ1) is 23.4. The summed E-state index contributed by atoms with van der Waals surface area (Å²) in [5.41, 5.74) is 0.270. The van der Waals surface area contributed by atoms with Gasteiger partial charge in [-0.25, -0.2) is 8.42 Å². The normalized spacial score (nSPS) is 19.5. The highest BCUT2D eigenvalue weighted by Gasteiger charge is 2.29. The van der Waals surface area contributed by atoms with Crippen molar-refractivity contribution in [1.29, 1.82) is 0 Å². The molecule has 1 aliphatic heterocycles. The molecule has 0 unspecified atom stereocenters. The first-order chi connectivity index (χ1) is 14.4. The van der Waals surface area contributed by atoms with E-state index in [9.17, 15) is 13.2 Å². The lowest BCUT2D eigenvalue weighted by Gasteiger charge is -2.29. The number of methoxy groups -OCH3 is 1. The highest BCUT2D eigenvalue weighted by Crippen LogP contribution is 2.29. The molecule has 2 aliphatic rings. The Labute approximate surface area is 185 Å². The zero-order valence-electron chi connectivity index (χ0n) is 18.1. The molecule has 1 saturated carbocycles. The Kier molecular flexibility index (Phi) is 8.48. The second kappa shape index (κ2) is 10.9. The number of ether oxygens (including phenoxy) is 1. The van der Waals surface area contributed by atoms with Gasteiger partial charge >= 0.3 is 0 Å². The second-order valence-corrected chi connectivity index (χ2v) is 11.7. The molecule has 1 aromatic rings. The highest BCUT2D eigenvalue weighted by atomic mass is 32.2. The molecule has 8 heteroatoms. The molecule has 168 valence electrons. The summed E-state index contributed by atoms with van der Waals surface area (Å²) < 4.78 is 33.0. The molecule has 1 N–H and O–H groups in total. The number of hydrogen-bond donors (Lipinski definition) is 1. The van der Waals surface area contributed by atoms with Crippen molar-refractivity contribution in [3.63, 3.8) is 0 Å². The SMILES string of the molecule is COc1ccc(S(=O)(=O)N2CCC(C)CC2)cc1C(=O)NCCSC1CCCCC1. The van der Waals surface area contributed by atoms with Crippen molar-refractivity contribution < 1.29 is 17.9 Å². The number of rotatable bonds is 8. The first-order valence-electron chi connectivity index (χ1n) is 11.0. The Bertz CT molecular complexity index is 814. The average Bonchev–Trinajstić information content (AvgIpc) is 2.77. The third-order valence-electron chi connectivity index (χ3n) is 6.09. The maximum atomic E-state index is 13.1. The summed E-state index contributed by atoms with van der Waals surface area (Å²) in [6.07, 6.45) is 8.20. The maximum absolute atomic E-state index is 13.1. The van der Waals surface area contributed by atoms with Gasteiger partial charge in [0, 0.05) is 30.6 Å². The number of carbonyl (C=O) groups is 1. The van der Waals surface area contributed by atoms with Crippen molar-refractivity contribution in [2.75, 3.05) is 32.5 Å². The third-order valence-corrected chi connectivity index (χ3v) is 9.37. The predicted molar refractivity (Wildman–Crippen MR) is 122 cm³/mol. The Morgan fingerprint density at radius 1 is 1.17 bits per heavy atom. The number of thioether (sulfide) groups is 1. The van der Waals surface area contributed by atoms with Gasteiger partial charge in [0.25, 0.3) is 5.91 Å². The van der Waals surface area contributed by atoms with Gasteiger partial charge in [-0.15, -0.1) is 0 Å². The van der Waals surface area contributed by atoms with Crippen LogP contribution in [-0.4, -0.2) is 56.4 Å². The Morgan fingerprint density at radius 2 is 1.87 bits per heavy atom. The van der Waals surface area contributed by atoms with Gasteiger partial charge in [-0.3, -0.25) is 4.79 Å². The number of piperidine rings is 1. The fourth-order valence-electron chi connectivity index (χ4n) is 4.12. The molecule has 0 aromatic heterocycles. The zero-order chi connectivity index (χ0) is 21.6. The minimum atomic E-state index is -3.61. The van der Waals surface area contributed by atoms with Crippen molar-refractivity contribution in [1.82, 2.24) is 9.62 Å². The van der Waals surface area contributed by atoms with Crippen LogP contribution in [0.1, 0.15) is 62.2 Å². The number of sulfonamides is 1. The smallest absolute Gasteiger partial charge is 0.255 e. The van der Waals surface area contributed by atoms with Crippen LogP contribution in [0.4, 0.5) is 0 Å². The van der Waals surface area contributed by atoms with Crippen LogP contribution in [0.15, 0.2) is 23.1 Å².